The molecule has 0 aromatic heterocycles. The molecule has 0 fully saturated rings. The summed E-state index contributed by atoms with van der Waals surface area (Å²) in [5.74, 6) is -0.0766. The monoisotopic (exact) mass is 272 g/mol. The van der Waals surface area contributed by atoms with Gasteiger partial charge < -0.3 is 15.8 Å². The molecule has 1 amide bonds. The Morgan fingerprint density at radius 2 is 1.89 bits per heavy atom. The predicted octanol–water partition coefficient (Wildman–Crippen LogP) is 2.03. The van der Waals surface area contributed by atoms with E-state index >= 15 is 0 Å². The Bertz CT molecular complexity index is 372. The lowest BCUT2D eigenvalue weighted by molar-refractivity contribution is -0.118. The topological polar surface area (TPSA) is 64.3 Å². The zero-order chi connectivity index (χ0) is 12.8. The number of carbonyl (C=O) groups is 1. The summed E-state index contributed by atoms with van der Waals surface area (Å²) in [6, 6.07) is 5.94. The van der Waals surface area contributed by atoms with Crippen LogP contribution in [0, 0.1) is 13.8 Å². The standard InChI is InChI=1S/C13H20N2O2.ClH/c1-9-4-10(2)6-11(5-9)15-13(16)7-12(8-14)17-3;/h4-6,12H,7-8,14H2,1-3H3,(H,15,16);1H. The summed E-state index contributed by atoms with van der Waals surface area (Å²) in [6.07, 6.45) is 0.0564. The van der Waals surface area contributed by atoms with Crippen molar-refractivity contribution in [2.45, 2.75) is 26.4 Å². The molecule has 0 bridgehead atoms. The van der Waals surface area contributed by atoms with Crippen LogP contribution in [0.25, 0.3) is 0 Å². The van der Waals surface area contributed by atoms with Crippen molar-refractivity contribution in [3.63, 3.8) is 0 Å². The van der Waals surface area contributed by atoms with Crippen molar-refractivity contribution >= 4 is 24.0 Å². The highest BCUT2D eigenvalue weighted by Gasteiger charge is 2.11. The first-order valence-corrected chi connectivity index (χ1v) is 5.66. The molecular weight excluding hydrogens is 252 g/mol. The summed E-state index contributed by atoms with van der Waals surface area (Å²) < 4.78 is 5.07. The first-order valence-electron chi connectivity index (χ1n) is 5.66. The van der Waals surface area contributed by atoms with Gasteiger partial charge in [-0.15, -0.1) is 12.4 Å². The second-order valence-corrected chi connectivity index (χ2v) is 4.22. The van der Waals surface area contributed by atoms with E-state index in [0.717, 1.165) is 16.8 Å². The van der Waals surface area contributed by atoms with Crippen LogP contribution < -0.4 is 11.1 Å². The second kappa shape index (κ2) is 8.08. The van der Waals surface area contributed by atoms with Gasteiger partial charge in [0.15, 0.2) is 0 Å². The lowest BCUT2D eigenvalue weighted by Gasteiger charge is -2.13. The molecular formula is C13H21ClN2O2. The maximum Gasteiger partial charge on any atom is 0.227 e. The predicted molar refractivity (Wildman–Crippen MR) is 76.3 cm³/mol. The number of hydrogen-bond donors (Lipinski definition) is 2. The van der Waals surface area contributed by atoms with Crippen molar-refractivity contribution < 1.29 is 9.53 Å². The van der Waals surface area contributed by atoms with E-state index in [-0.39, 0.29) is 30.8 Å². The second-order valence-electron chi connectivity index (χ2n) is 4.22. The molecule has 0 aliphatic heterocycles. The van der Waals surface area contributed by atoms with Crippen LogP contribution in [0.2, 0.25) is 0 Å². The number of nitrogens with one attached hydrogen (secondary N) is 1. The number of aryl methyl sites for hydroxylation is 2. The van der Waals surface area contributed by atoms with E-state index in [1.165, 1.54) is 0 Å². The molecule has 4 nitrogen and oxygen atoms in total. The van der Waals surface area contributed by atoms with Gasteiger partial charge in [-0.1, -0.05) is 6.07 Å². The van der Waals surface area contributed by atoms with Gasteiger partial charge in [0, 0.05) is 19.3 Å². The largest absolute Gasteiger partial charge is 0.380 e. The summed E-state index contributed by atoms with van der Waals surface area (Å²) in [5.41, 5.74) is 8.54. The van der Waals surface area contributed by atoms with Crippen LogP contribution in [0.4, 0.5) is 5.69 Å². The Morgan fingerprint density at radius 3 is 2.33 bits per heavy atom. The number of nitrogens with two attached hydrogens (primary N) is 1. The molecule has 0 saturated carbocycles. The van der Waals surface area contributed by atoms with Gasteiger partial charge in [-0.3, -0.25) is 4.79 Å². The van der Waals surface area contributed by atoms with Crippen LogP contribution in [0.15, 0.2) is 18.2 Å². The number of ether oxygens (including phenoxy) is 1. The minimum atomic E-state index is -0.221. The van der Waals surface area contributed by atoms with Crippen LogP contribution >= 0.6 is 12.4 Å². The molecule has 0 aliphatic rings. The third kappa shape index (κ3) is 5.49. The van der Waals surface area contributed by atoms with Gasteiger partial charge in [0.1, 0.15) is 0 Å². The molecule has 18 heavy (non-hydrogen) atoms. The van der Waals surface area contributed by atoms with E-state index in [0.29, 0.717) is 6.54 Å². The van der Waals surface area contributed by atoms with Gasteiger partial charge in [-0.2, -0.15) is 0 Å². The SMILES string of the molecule is COC(CN)CC(=O)Nc1cc(C)cc(C)c1.Cl. The van der Waals surface area contributed by atoms with E-state index in [1.54, 1.807) is 7.11 Å². The molecule has 1 aromatic carbocycles. The number of halogens is 1. The van der Waals surface area contributed by atoms with Crippen molar-refractivity contribution in [2.24, 2.45) is 5.73 Å². The minimum absolute atomic E-state index is 0. The molecule has 102 valence electrons. The summed E-state index contributed by atoms with van der Waals surface area (Å²) >= 11 is 0. The van der Waals surface area contributed by atoms with Crippen molar-refractivity contribution in [1.29, 1.82) is 0 Å². The molecule has 0 spiro atoms. The van der Waals surface area contributed by atoms with Gasteiger partial charge in [0.05, 0.1) is 12.5 Å². The van der Waals surface area contributed by atoms with E-state index in [2.05, 4.69) is 11.4 Å². The third-order valence-electron chi connectivity index (χ3n) is 2.51. The number of carbonyl (C=O) groups excluding carboxylic acids is 1. The van der Waals surface area contributed by atoms with Crippen LogP contribution in [0.1, 0.15) is 17.5 Å². The number of methoxy groups -OCH3 is 1. The highest BCUT2D eigenvalue weighted by atomic mass is 35.5. The van der Waals surface area contributed by atoms with E-state index in [9.17, 15) is 4.79 Å². The third-order valence-corrected chi connectivity index (χ3v) is 2.51. The first kappa shape index (κ1) is 16.9. The zero-order valence-corrected chi connectivity index (χ0v) is 11.8. The molecule has 0 aliphatic carbocycles. The number of benzene rings is 1. The number of anilines is 1. The van der Waals surface area contributed by atoms with E-state index in [1.807, 2.05) is 26.0 Å². The Hall–Kier alpha value is -1.10. The normalized spacial score (nSPS) is 11.6. The molecule has 0 heterocycles. The average Bonchev–Trinajstić information content (AvgIpc) is 2.24. The summed E-state index contributed by atoms with van der Waals surface area (Å²) in [7, 11) is 1.56. The fourth-order valence-corrected chi connectivity index (χ4v) is 1.73. The summed E-state index contributed by atoms with van der Waals surface area (Å²) in [5, 5.41) is 2.85. The lowest BCUT2D eigenvalue weighted by atomic mass is 10.1. The Labute approximate surface area is 114 Å². The van der Waals surface area contributed by atoms with Crippen LogP contribution in [0.5, 0.6) is 0 Å². The molecule has 0 radical (unpaired) electrons. The molecule has 1 rings (SSSR count). The van der Waals surface area contributed by atoms with Gasteiger partial charge in [-0.25, -0.2) is 0 Å². The molecule has 1 aromatic rings. The lowest BCUT2D eigenvalue weighted by Crippen LogP contribution is -2.28. The molecule has 0 saturated heterocycles. The maximum absolute atomic E-state index is 11.7. The zero-order valence-electron chi connectivity index (χ0n) is 11.0. The van der Waals surface area contributed by atoms with E-state index in [4.69, 9.17) is 10.5 Å². The molecule has 3 N–H and O–H groups in total. The Kier molecular flexibility index (Phi) is 7.59. The quantitative estimate of drug-likeness (QED) is 0.862. The van der Waals surface area contributed by atoms with Crippen LogP contribution in [-0.4, -0.2) is 25.7 Å². The van der Waals surface area contributed by atoms with Crippen molar-refractivity contribution in [3.8, 4) is 0 Å². The molecule has 1 atom stereocenters. The van der Waals surface area contributed by atoms with Gasteiger partial charge in [0.25, 0.3) is 0 Å². The highest BCUT2D eigenvalue weighted by molar-refractivity contribution is 5.91. The summed E-state index contributed by atoms with van der Waals surface area (Å²) in [4.78, 5) is 11.7. The Balaban J connectivity index is 0.00000289. The van der Waals surface area contributed by atoms with Gasteiger partial charge >= 0.3 is 0 Å². The number of hydrogen-bond acceptors (Lipinski definition) is 3. The highest BCUT2D eigenvalue weighted by Crippen LogP contribution is 2.14. The average molecular weight is 273 g/mol. The fraction of sp³-hybridized carbons (Fsp3) is 0.462. The number of amides is 1. The Morgan fingerprint density at radius 1 is 1.33 bits per heavy atom. The van der Waals surface area contributed by atoms with Crippen molar-refractivity contribution in [1.82, 2.24) is 0 Å². The smallest absolute Gasteiger partial charge is 0.227 e. The van der Waals surface area contributed by atoms with Gasteiger partial charge in [-0.05, 0) is 37.1 Å². The van der Waals surface area contributed by atoms with Crippen molar-refractivity contribution in [3.05, 3.63) is 29.3 Å². The minimum Gasteiger partial charge on any atom is -0.380 e. The van der Waals surface area contributed by atoms with E-state index < -0.39 is 0 Å². The summed E-state index contributed by atoms with van der Waals surface area (Å²) in [6.45, 7) is 4.35. The number of rotatable bonds is 5. The van der Waals surface area contributed by atoms with Crippen LogP contribution in [0.3, 0.4) is 0 Å². The molecule has 5 heteroatoms. The first-order chi connectivity index (χ1) is 8.05. The van der Waals surface area contributed by atoms with Crippen LogP contribution in [-0.2, 0) is 9.53 Å². The maximum atomic E-state index is 11.7. The molecule has 1 unspecified atom stereocenters. The van der Waals surface area contributed by atoms with Crippen molar-refractivity contribution in [2.75, 3.05) is 19.0 Å². The van der Waals surface area contributed by atoms with Gasteiger partial charge in [0.2, 0.25) is 5.91 Å². The fourth-order valence-electron chi connectivity index (χ4n) is 1.73.